The zero-order valence-electron chi connectivity index (χ0n) is 9.93. The molecule has 18 heavy (non-hydrogen) atoms. The van der Waals surface area contributed by atoms with E-state index in [-0.39, 0.29) is 11.6 Å². The number of rotatable bonds is 7. The second-order valence-electron chi connectivity index (χ2n) is 4.01. The predicted octanol–water partition coefficient (Wildman–Crippen LogP) is 4.44. The zero-order chi connectivity index (χ0) is 12.8. The number of hydrogen-bond acceptors (Lipinski definition) is 4. The van der Waals surface area contributed by atoms with Gasteiger partial charge in [-0.25, -0.2) is 0 Å². The van der Waals surface area contributed by atoms with E-state index in [4.69, 9.17) is 0 Å². The number of unbranched alkanes of at least 4 members (excludes halogenated alkanes) is 1. The highest BCUT2D eigenvalue weighted by Gasteiger charge is 2.09. The summed E-state index contributed by atoms with van der Waals surface area (Å²) in [7, 11) is 0. The highest BCUT2D eigenvalue weighted by molar-refractivity contribution is 7.12. The normalized spacial score (nSPS) is 10.4. The zero-order valence-corrected chi connectivity index (χ0v) is 11.6. The van der Waals surface area contributed by atoms with E-state index in [1.165, 1.54) is 22.7 Å². The van der Waals surface area contributed by atoms with Crippen molar-refractivity contribution in [3.8, 4) is 0 Å². The summed E-state index contributed by atoms with van der Waals surface area (Å²) in [6.45, 7) is 0. The van der Waals surface area contributed by atoms with Gasteiger partial charge >= 0.3 is 0 Å². The van der Waals surface area contributed by atoms with Crippen molar-refractivity contribution in [2.45, 2.75) is 25.7 Å². The van der Waals surface area contributed by atoms with Crippen LogP contribution in [0.5, 0.6) is 0 Å². The Morgan fingerprint density at radius 1 is 0.833 bits per heavy atom. The maximum absolute atomic E-state index is 11.7. The third-order valence-electron chi connectivity index (χ3n) is 2.65. The number of Topliss-reactive ketones (excluding diaryl/α,β-unsaturated/α-hetero) is 2. The maximum atomic E-state index is 11.7. The Labute approximate surface area is 114 Å². The van der Waals surface area contributed by atoms with Gasteiger partial charge in [-0.3, -0.25) is 9.59 Å². The van der Waals surface area contributed by atoms with Crippen LogP contribution in [0, 0.1) is 0 Å². The molecule has 0 saturated heterocycles. The molecule has 0 unspecified atom stereocenters. The molecule has 4 heteroatoms. The fourth-order valence-corrected chi connectivity index (χ4v) is 3.08. The third kappa shape index (κ3) is 3.62. The van der Waals surface area contributed by atoms with Crippen LogP contribution in [-0.2, 0) is 0 Å². The van der Waals surface area contributed by atoms with Gasteiger partial charge in [0.1, 0.15) is 0 Å². The summed E-state index contributed by atoms with van der Waals surface area (Å²) >= 11 is 2.96. The summed E-state index contributed by atoms with van der Waals surface area (Å²) in [6, 6.07) is 7.48. The third-order valence-corrected chi connectivity index (χ3v) is 4.47. The topological polar surface area (TPSA) is 34.1 Å². The molecule has 94 valence electrons. The molecule has 0 aliphatic carbocycles. The molecule has 0 aliphatic rings. The monoisotopic (exact) mass is 278 g/mol. The SMILES string of the molecule is O=C(CCCCC(=O)c1cccs1)c1cccs1. The Kier molecular flexibility index (Phi) is 4.84. The molecule has 0 radical (unpaired) electrons. The number of ketones is 2. The minimum atomic E-state index is 0.188. The Bertz CT molecular complexity index is 450. The average Bonchev–Trinajstić information content (AvgIpc) is 3.05. The van der Waals surface area contributed by atoms with Gasteiger partial charge in [-0.15, -0.1) is 22.7 Å². The van der Waals surface area contributed by atoms with E-state index in [9.17, 15) is 9.59 Å². The minimum Gasteiger partial charge on any atom is -0.293 e. The molecular formula is C14H14O2S2. The predicted molar refractivity (Wildman–Crippen MR) is 75.8 cm³/mol. The number of hydrogen-bond donors (Lipinski definition) is 0. The van der Waals surface area contributed by atoms with Crippen LogP contribution in [0.1, 0.15) is 45.0 Å². The van der Waals surface area contributed by atoms with Crippen molar-refractivity contribution in [3.63, 3.8) is 0 Å². The van der Waals surface area contributed by atoms with Crippen LogP contribution in [-0.4, -0.2) is 11.6 Å². The van der Waals surface area contributed by atoms with Gasteiger partial charge in [0, 0.05) is 12.8 Å². The van der Waals surface area contributed by atoms with Crippen LogP contribution >= 0.6 is 22.7 Å². The first kappa shape index (κ1) is 13.2. The largest absolute Gasteiger partial charge is 0.293 e. The van der Waals surface area contributed by atoms with Gasteiger partial charge in [0.25, 0.3) is 0 Å². The highest BCUT2D eigenvalue weighted by Crippen LogP contribution is 2.16. The van der Waals surface area contributed by atoms with Crippen molar-refractivity contribution < 1.29 is 9.59 Å². The molecule has 0 atom stereocenters. The molecule has 0 amide bonds. The molecule has 2 aromatic rings. The smallest absolute Gasteiger partial charge is 0.172 e. The Balaban J connectivity index is 1.67. The van der Waals surface area contributed by atoms with Gasteiger partial charge < -0.3 is 0 Å². The minimum absolute atomic E-state index is 0.188. The summed E-state index contributed by atoms with van der Waals surface area (Å²) < 4.78 is 0. The first-order valence-corrected chi connectivity index (χ1v) is 7.66. The Morgan fingerprint density at radius 3 is 1.61 bits per heavy atom. The lowest BCUT2D eigenvalue weighted by atomic mass is 10.1. The van der Waals surface area contributed by atoms with Gasteiger partial charge in [-0.05, 0) is 35.7 Å². The van der Waals surface area contributed by atoms with E-state index >= 15 is 0 Å². The molecule has 2 rings (SSSR count). The second-order valence-corrected chi connectivity index (χ2v) is 5.90. The lowest BCUT2D eigenvalue weighted by molar-refractivity contribution is 0.0958. The van der Waals surface area contributed by atoms with Crippen LogP contribution in [0.4, 0.5) is 0 Å². The first-order chi connectivity index (χ1) is 8.77. The van der Waals surface area contributed by atoms with Crippen LogP contribution in [0.3, 0.4) is 0 Å². The van der Waals surface area contributed by atoms with Gasteiger partial charge in [-0.2, -0.15) is 0 Å². The lowest BCUT2D eigenvalue weighted by Crippen LogP contribution is -1.99. The van der Waals surface area contributed by atoms with Gasteiger partial charge in [-0.1, -0.05) is 12.1 Å². The summed E-state index contributed by atoms with van der Waals surface area (Å²) in [6.07, 6.45) is 2.65. The molecule has 2 aromatic heterocycles. The number of carbonyl (C=O) groups excluding carboxylic acids is 2. The summed E-state index contributed by atoms with van der Waals surface area (Å²) in [5.41, 5.74) is 0. The molecule has 0 fully saturated rings. The van der Waals surface area contributed by atoms with Crippen LogP contribution in [0.2, 0.25) is 0 Å². The quantitative estimate of drug-likeness (QED) is 0.554. The van der Waals surface area contributed by atoms with E-state index < -0.39 is 0 Å². The van der Waals surface area contributed by atoms with Crippen LogP contribution < -0.4 is 0 Å². The summed E-state index contributed by atoms with van der Waals surface area (Å²) in [5, 5.41) is 3.82. The van der Waals surface area contributed by atoms with E-state index in [1.807, 2.05) is 35.0 Å². The molecule has 0 bridgehead atoms. The lowest BCUT2D eigenvalue weighted by Gasteiger charge is -1.99. The van der Waals surface area contributed by atoms with Gasteiger partial charge in [0.2, 0.25) is 0 Å². The van der Waals surface area contributed by atoms with Gasteiger partial charge in [0.15, 0.2) is 11.6 Å². The van der Waals surface area contributed by atoms with Crippen molar-refractivity contribution in [1.82, 2.24) is 0 Å². The highest BCUT2D eigenvalue weighted by atomic mass is 32.1. The fourth-order valence-electron chi connectivity index (χ4n) is 1.69. The standard InChI is InChI=1S/C14H14O2S2/c15-11(13-7-3-9-17-13)5-1-2-6-12(16)14-8-4-10-18-14/h3-4,7-10H,1-2,5-6H2. The van der Waals surface area contributed by atoms with E-state index in [1.54, 1.807) is 0 Å². The van der Waals surface area contributed by atoms with E-state index in [0.717, 1.165) is 22.6 Å². The van der Waals surface area contributed by atoms with Crippen LogP contribution in [0.15, 0.2) is 35.0 Å². The molecule has 2 nitrogen and oxygen atoms in total. The molecule has 0 spiro atoms. The van der Waals surface area contributed by atoms with E-state index in [0.29, 0.717) is 12.8 Å². The van der Waals surface area contributed by atoms with Crippen molar-refractivity contribution in [2.24, 2.45) is 0 Å². The van der Waals surface area contributed by atoms with Crippen molar-refractivity contribution in [2.75, 3.05) is 0 Å². The summed E-state index contributed by atoms with van der Waals surface area (Å²) in [5.74, 6) is 0.377. The van der Waals surface area contributed by atoms with Crippen molar-refractivity contribution >= 4 is 34.2 Å². The maximum Gasteiger partial charge on any atom is 0.172 e. The average molecular weight is 278 g/mol. The molecule has 0 saturated carbocycles. The molecule has 0 aliphatic heterocycles. The van der Waals surface area contributed by atoms with Crippen LogP contribution in [0.25, 0.3) is 0 Å². The number of thiophene rings is 2. The summed E-state index contributed by atoms with van der Waals surface area (Å²) in [4.78, 5) is 25.1. The molecule has 2 heterocycles. The Hall–Kier alpha value is -1.26. The molecule has 0 aromatic carbocycles. The fraction of sp³-hybridized carbons (Fsp3) is 0.286. The number of carbonyl (C=O) groups is 2. The molecular weight excluding hydrogens is 264 g/mol. The van der Waals surface area contributed by atoms with Gasteiger partial charge in [0.05, 0.1) is 9.75 Å². The Morgan fingerprint density at radius 2 is 1.28 bits per heavy atom. The molecule has 0 N–H and O–H groups in total. The first-order valence-electron chi connectivity index (χ1n) is 5.91. The second kappa shape index (κ2) is 6.61. The van der Waals surface area contributed by atoms with Crippen molar-refractivity contribution in [1.29, 1.82) is 0 Å². The van der Waals surface area contributed by atoms with Crippen molar-refractivity contribution in [3.05, 3.63) is 44.8 Å². The van der Waals surface area contributed by atoms with E-state index in [2.05, 4.69) is 0 Å².